The molecule has 3 heteroatoms. The number of carbonyl (C=O) groups excluding carboxylic acids is 1. The molecule has 0 N–H and O–H groups in total. The monoisotopic (exact) mass is 304 g/mol. The van der Waals surface area contributed by atoms with Crippen LogP contribution in [0.15, 0.2) is 24.3 Å². The SMILES string of the molecule is CCC(=O)O[C@@H]1CCCC[C@H]1c1ccccc1OC(C)CC. The zero-order chi connectivity index (χ0) is 15.9. The molecule has 22 heavy (non-hydrogen) atoms. The van der Waals surface area contributed by atoms with Gasteiger partial charge in [-0.2, -0.15) is 0 Å². The van der Waals surface area contributed by atoms with Gasteiger partial charge in [0.1, 0.15) is 11.9 Å². The Kier molecular flexibility index (Phi) is 6.29. The Bertz CT molecular complexity index is 483. The molecule has 0 radical (unpaired) electrons. The lowest BCUT2D eigenvalue weighted by atomic mass is 9.81. The lowest BCUT2D eigenvalue weighted by molar-refractivity contribution is -0.151. The minimum absolute atomic E-state index is 0.0112. The Hall–Kier alpha value is -1.51. The highest BCUT2D eigenvalue weighted by atomic mass is 16.5. The van der Waals surface area contributed by atoms with Gasteiger partial charge in [-0.25, -0.2) is 0 Å². The molecule has 0 saturated heterocycles. The molecule has 1 aromatic rings. The first-order valence-electron chi connectivity index (χ1n) is 8.60. The van der Waals surface area contributed by atoms with Gasteiger partial charge in [0.15, 0.2) is 0 Å². The van der Waals surface area contributed by atoms with E-state index in [1.165, 1.54) is 12.0 Å². The molecule has 0 aliphatic heterocycles. The number of rotatable bonds is 6. The molecule has 3 nitrogen and oxygen atoms in total. The molecule has 1 saturated carbocycles. The molecule has 1 unspecified atom stereocenters. The van der Waals surface area contributed by atoms with Gasteiger partial charge < -0.3 is 9.47 Å². The number of esters is 1. The van der Waals surface area contributed by atoms with Gasteiger partial charge >= 0.3 is 5.97 Å². The van der Waals surface area contributed by atoms with Crippen molar-refractivity contribution >= 4 is 5.97 Å². The van der Waals surface area contributed by atoms with Crippen molar-refractivity contribution in [2.75, 3.05) is 0 Å². The van der Waals surface area contributed by atoms with Crippen LogP contribution in [0, 0.1) is 0 Å². The molecular formula is C19H28O3. The summed E-state index contributed by atoms with van der Waals surface area (Å²) in [4.78, 5) is 11.7. The summed E-state index contributed by atoms with van der Waals surface area (Å²) in [6.07, 6.45) is 5.93. The summed E-state index contributed by atoms with van der Waals surface area (Å²) in [6.45, 7) is 6.06. The maximum Gasteiger partial charge on any atom is 0.305 e. The Balaban J connectivity index is 2.21. The lowest BCUT2D eigenvalue weighted by Crippen LogP contribution is -2.29. The number of hydrogen-bond acceptors (Lipinski definition) is 3. The van der Waals surface area contributed by atoms with E-state index in [1.807, 2.05) is 25.1 Å². The van der Waals surface area contributed by atoms with E-state index >= 15 is 0 Å². The van der Waals surface area contributed by atoms with Crippen LogP contribution in [-0.4, -0.2) is 18.2 Å². The van der Waals surface area contributed by atoms with Crippen molar-refractivity contribution in [3.05, 3.63) is 29.8 Å². The average Bonchev–Trinajstić information content (AvgIpc) is 2.55. The maximum absolute atomic E-state index is 11.7. The van der Waals surface area contributed by atoms with Crippen LogP contribution >= 0.6 is 0 Å². The highest BCUT2D eigenvalue weighted by Gasteiger charge is 2.31. The second-order valence-corrected chi connectivity index (χ2v) is 6.15. The second kappa shape index (κ2) is 8.21. The number of benzene rings is 1. The fraction of sp³-hybridized carbons (Fsp3) is 0.632. The van der Waals surface area contributed by atoms with Gasteiger partial charge in [-0.15, -0.1) is 0 Å². The minimum Gasteiger partial charge on any atom is -0.490 e. The van der Waals surface area contributed by atoms with Crippen LogP contribution < -0.4 is 4.74 Å². The number of ether oxygens (including phenoxy) is 2. The van der Waals surface area contributed by atoms with Crippen LogP contribution in [0.3, 0.4) is 0 Å². The third-order valence-corrected chi connectivity index (χ3v) is 4.50. The third-order valence-electron chi connectivity index (χ3n) is 4.50. The summed E-state index contributed by atoms with van der Waals surface area (Å²) < 4.78 is 11.8. The highest BCUT2D eigenvalue weighted by molar-refractivity contribution is 5.69. The summed E-state index contributed by atoms with van der Waals surface area (Å²) in [6, 6.07) is 8.22. The van der Waals surface area contributed by atoms with Crippen molar-refractivity contribution in [3.63, 3.8) is 0 Å². The molecule has 2 rings (SSSR count). The first-order chi connectivity index (χ1) is 10.7. The lowest BCUT2D eigenvalue weighted by Gasteiger charge is -2.32. The number of hydrogen-bond donors (Lipinski definition) is 0. The molecule has 1 aliphatic rings. The second-order valence-electron chi connectivity index (χ2n) is 6.15. The predicted octanol–water partition coefficient (Wildman–Crippen LogP) is 4.84. The van der Waals surface area contributed by atoms with Crippen LogP contribution in [0.1, 0.15) is 70.8 Å². The van der Waals surface area contributed by atoms with Gasteiger partial charge in [-0.1, -0.05) is 38.5 Å². The molecule has 122 valence electrons. The molecule has 0 aromatic heterocycles. The Morgan fingerprint density at radius 1 is 1.23 bits per heavy atom. The molecule has 1 fully saturated rings. The molecule has 0 heterocycles. The van der Waals surface area contributed by atoms with Crippen molar-refractivity contribution < 1.29 is 14.3 Å². The van der Waals surface area contributed by atoms with Crippen molar-refractivity contribution in [2.45, 2.75) is 77.4 Å². The first kappa shape index (κ1) is 16.9. The summed E-state index contributed by atoms with van der Waals surface area (Å²) in [5.74, 6) is 1.10. The van der Waals surface area contributed by atoms with E-state index in [2.05, 4.69) is 19.9 Å². The fourth-order valence-corrected chi connectivity index (χ4v) is 3.04. The topological polar surface area (TPSA) is 35.5 Å². The van der Waals surface area contributed by atoms with Crippen LogP contribution in [-0.2, 0) is 9.53 Å². The van der Waals surface area contributed by atoms with E-state index in [0.29, 0.717) is 6.42 Å². The molecule has 3 atom stereocenters. The van der Waals surface area contributed by atoms with E-state index < -0.39 is 0 Å². The molecule has 1 aliphatic carbocycles. The van der Waals surface area contributed by atoms with E-state index in [1.54, 1.807) is 0 Å². The molecule has 0 spiro atoms. The van der Waals surface area contributed by atoms with Crippen molar-refractivity contribution in [1.29, 1.82) is 0 Å². The largest absolute Gasteiger partial charge is 0.490 e. The van der Waals surface area contributed by atoms with Gasteiger partial charge in [0.05, 0.1) is 6.10 Å². The summed E-state index contributed by atoms with van der Waals surface area (Å²) in [7, 11) is 0. The van der Waals surface area contributed by atoms with Crippen LogP contribution in [0.2, 0.25) is 0 Å². The van der Waals surface area contributed by atoms with Crippen molar-refractivity contribution in [2.24, 2.45) is 0 Å². The Morgan fingerprint density at radius 2 is 1.95 bits per heavy atom. The highest BCUT2D eigenvalue weighted by Crippen LogP contribution is 2.39. The predicted molar refractivity (Wildman–Crippen MR) is 88.2 cm³/mol. The van der Waals surface area contributed by atoms with Gasteiger partial charge in [-0.3, -0.25) is 4.79 Å². The number of carbonyl (C=O) groups is 1. The molecular weight excluding hydrogens is 276 g/mol. The zero-order valence-corrected chi connectivity index (χ0v) is 14.0. The average molecular weight is 304 g/mol. The van der Waals surface area contributed by atoms with Crippen molar-refractivity contribution in [1.82, 2.24) is 0 Å². The minimum atomic E-state index is -0.0998. The van der Waals surface area contributed by atoms with Crippen LogP contribution in [0.4, 0.5) is 0 Å². The quantitative estimate of drug-likeness (QED) is 0.705. The maximum atomic E-state index is 11.7. The Labute approximate surface area is 134 Å². The van der Waals surface area contributed by atoms with Gasteiger partial charge in [0.25, 0.3) is 0 Å². The molecule has 1 aromatic carbocycles. The first-order valence-corrected chi connectivity index (χ1v) is 8.60. The third kappa shape index (κ3) is 4.25. The van der Waals surface area contributed by atoms with Gasteiger partial charge in [-0.05, 0) is 38.7 Å². The van der Waals surface area contributed by atoms with E-state index in [-0.39, 0.29) is 24.1 Å². The van der Waals surface area contributed by atoms with Gasteiger partial charge in [0, 0.05) is 17.9 Å². The molecule has 0 amide bonds. The summed E-state index contributed by atoms with van der Waals surface area (Å²) in [5.41, 5.74) is 1.19. The normalized spacial score (nSPS) is 22.9. The number of para-hydroxylation sites is 1. The standard InChI is InChI=1S/C19H28O3/c1-4-14(3)21-17-12-8-6-10-15(17)16-11-7-9-13-18(16)22-19(20)5-2/h6,8,10,12,14,16,18H,4-5,7,9,11,13H2,1-3H3/t14?,16-,18+/m0/s1. The van der Waals surface area contributed by atoms with E-state index in [9.17, 15) is 4.79 Å². The Morgan fingerprint density at radius 3 is 2.68 bits per heavy atom. The van der Waals surface area contributed by atoms with E-state index in [0.717, 1.165) is 31.4 Å². The zero-order valence-electron chi connectivity index (χ0n) is 14.0. The summed E-state index contributed by atoms with van der Waals surface area (Å²) >= 11 is 0. The van der Waals surface area contributed by atoms with Crippen molar-refractivity contribution in [3.8, 4) is 5.75 Å². The fourth-order valence-electron chi connectivity index (χ4n) is 3.04. The van der Waals surface area contributed by atoms with Crippen LogP contribution in [0.25, 0.3) is 0 Å². The summed E-state index contributed by atoms with van der Waals surface area (Å²) in [5, 5.41) is 0. The van der Waals surface area contributed by atoms with E-state index in [4.69, 9.17) is 9.47 Å². The smallest absolute Gasteiger partial charge is 0.305 e. The van der Waals surface area contributed by atoms with Crippen LogP contribution in [0.5, 0.6) is 5.75 Å². The molecule has 0 bridgehead atoms. The van der Waals surface area contributed by atoms with Gasteiger partial charge in [0.2, 0.25) is 0 Å².